The lowest BCUT2D eigenvalue weighted by Gasteiger charge is -2.34. The Morgan fingerprint density at radius 1 is 1.47 bits per heavy atom. The first kappa shape index (κ1) is 12.2. The van der Waals surface area contributed by atoms with Crippen LogP contribution in [0.2, 0.25) is 0 Å². The van der Waals surface area contributed by atoms with E-state index in [9.17, 15) is 0 Å². The molecule has 2 rings (SSSR count). The van der Waals surface area contributed by atoms with Gasteiger partial charge >= 0.3 is 0 Å². The van der Waals surface area contributed by atoms with Crippen LogP contribution in [0.25, 0.3) is 0 Å². The van der Waals surface area contributed by atoms with E-state index in [1.54, 1.807) is 0 Å². The molecule has 0 amide bonds. The minimum atomic E-state index is 0.124. The summed E-state index contributed by atoms with van der Waals surface area (Å²) < 4.78 is 11.2. The predicted molar refractivity (Wildman–Crippen MR) is 68.6 cm³/mol. The number of anilines is 1. The van der Waals surface area contributed by atoms with Gasteiger partial charge in [0, 0.05) is 19.6 Å². The fraction of sp³-hybridized carbons (Fsp3) is 0.538. The molecule has 0 radical (unpaired) electrons. The second-order valence-corrected chi connectivity index (χ2v) is 4.08. The van der Waals surface area contributed by atoms with Crippen LogP contribution in [0.3, 0.4) is 0 Å². The van der Waals surface area contributed by atoms with Crippen LogP contribution >= 0.6 is 0 Å². The van der Waals surface area contributed by atoms with E-state index >= 15 is 0 Å². The maximum atomic E-state index is 5.66. The van der Waals surface area contributed by atoms with Gasteiger partial charge in [0.15, 0.2) is 0 Å². The number of nitrogens with zero attached hydrogens (tertiary/aromatic N) is 1. The monoisotopic (exact) mass is 236 g/mol. The van der Waals surface area contributed by atoms with E-state index < -0.39 is 0 Å². The Hall–Kier alpha value is -1.26. The van der Waals surface area contributed by atoms with Gasteiger partial charge in [-0.2, -0.15) is 0 Å². The highest BCUT2D eigenvalue weighted by Gasteiger charge is 2.21. The first-order valence-corrected chi connectivity index (χ1v) is 6.13. The summed E-state index contributed by atoms with van der Waals surface area (Å²) in [5.41, 5.74) is 6.79. The molecule has 0 aromatic heterocycles. The van der Waals surface area contributed by atoms with Crippen LogP contribution in [0.1, 0.15) is 6.92 Å². The smallest absolute Gasteiger partial charge is 0.142 e. The summed E-state index contributed by atoms with van der Waals surface area (Å²) in [5.74, 6) is 0.938. The average Bonchev–Trinajstić information content (AvgIpc) is 2.40. The number of para-hydroxylation sites is 2. The Morgan fingerprint density at radius 3 is 3.06 bits per heavy atom. The molecule has 1 aromatic rings. The number of hydrogen-bond acceptors (Lipinski definition) is 4. The van der Waals surface area contributed by atoms with Crippen molar-refractivity contribution < 1.29 is 9.47 Å². The van der Waals surface area contributed by atoms with Gasteiger partial charge in [-0.25, -0.2) is 0 Å². The topological polar surface area (TPSA) is 47.7 Å². The molecule has 2 N–H and O–H groups in total. The molecular weight excluding hydrogens is 216 g/mol. The van der Waals surface area contributed by atoms with Crippen molar-refractivity contribution in [3.8, 4) is 5.75 Å². The summed E-state index contributed by atoms with van der Waals surface area (Å²) in [5, 5.41) is 0. The van der Waals surface area contributed by atoms with Crippen molar-refractivity contribution in [3.63, 3.8) is 0 Å². The maximum absolute atomic E-state index is 5.66. The van der Waals surface area contributed by atoms with Crippen LogP contribution < -0.4 is 15.4 Å². The average molecular weight is 236 g/mol. The van der Waals surface area contributed by atoms with E-state index in [4.69, 9.17) is 15.2 Å². The number of ether oxygens (including phenoxy) is 2. The van der Waals surface area contributed by atoms with E-state index in [0.29, 0.717) is 13.2 Å². The molecule has 94 valence electrons. The number of morpholine rings is 1. The molecule has 1 fully saturated rings. The zero-order chi connectivity index (χ0) is 12.1. The Morgan fingerprint density at radius 2 is 2.29 bits per heavy atom. The van der Waals surface area contributed by atoms with Crippen LogP contribution in [0.15, 0.2) is 24.3 Å². The van der Waals surface area contributed by atoms with E-state index in [1.165, 1.54) is 0 Å². The molecule has 0 spiro atoms. The third-order valence-corrected chi connectivity index (χ3v) is 2.91. The Balaban J connectivity index is 2.15. The van der Waals surface area contributed by atoms with E-state index in [-0.39, 0.29) is 6.10 Å². The molecule has 1 aliphatic rings. The van der Waals surface area contributed by atoms with Crippen LogP contribution in [-0.4, -0.2) is 39.0 Å². The second kappa shape index (κ2) is 5.89. The van der Waals surface area contributed by atoms with Gasteiger partial charge in [0.2, 0.25) is 0 Å². The lowest BCUT2D eigenvalue weighted by atomic mass is 10.2. The lowest BCUT2D eigenvalue weighted by molar-refractivity contribution is 0.0464. The van der Waals surface area contributed by atoms with Crippen molar-refractivity contribution >= 4 is 5.69 Å². The molecule has 0 saturated carbocycles. The predicted octanol–water partition coefficient (Wildman–Crippen LogP) is 1.25. The van der Waals surface area contributed by atoms with Gasteiger partial charge in [0.1, 0.15) is 5.75 Å². The largest absolute Gasteiger partial charge is 0.492 e. The molecule has 1 unspecified atom stereocenters. The van der Waals surface area contributed by atoms with Gasteiger partial charge in [0.25, 0.3) is 0 Å². The van der Waals surface area contributed by atoms with Crippen LogP contribution in [0.5, 0.6) is 5.75 Å². The fourth-order valence-corrected chi connectivity index (χ4v) is 2.08. The molecule has 1 heterocycles. The molecule has 4 nitrogen and oxygen atoms in total. The quantitative estimate of drug-likeness (QED) is 0.854. The number of benzene rings is 1. The minimum absolute atomic E-state index is 0.124. The molecule has 1 saturated heterocycles. The van der Waals surface area contributed by atoms with Crippen molar-refractivity contribution in [2.45, 2.75) is 13.0 Å². The zero-order valence-electron chi connectivity index (χ0n) is 10.3. The van der Waals surface area contributed by atoms with Crippen molar-refractivity contribution in [1.82, 2.24) is 0 Å². The van der Waals surface area contributed by atoms with Gasteiger partial charge in [0.05, 0.1) is 25.0 Å². The van der Waals surface area contributed by atoms with Crippen LogP contribution in [0.4, 0.5) is 5.69 Å². The normalized spacial score (nSPS) is 20.4. The first-order valence-electron chi connectivity index (χ1n) is 6.13. The molecule has 0 bridgehead atoms. The molecule has 4 heteroatoms. The van der Waals surface area contributed by atoms with E-state index in [2.05, 4.69) is 11.0 Å². The highest BCUT2D eigenvalue weighted by molar-refractivity contribution is 5.58. The van der Waals surface area contributed by atoms with E-state index in [0.717, 1.165) is 31.1 Å². The first-order chi connectivity index (χ1) is 8.35. The fourth-order valence-electron chi connectivity index (χ4n) is 2.08. The second-order valence-electron chi connectivity index (χ2n) is 4.08. The van der Waals surface area contributed by atoms with E-state index in [1.807, 2.05) is 25.1 Å². The number of rotatable bonds is 4. The summed E-state index contributed by atoms with van der Waals surface area (Å²) in [6, 6.07) is 8.12. The summed E-state index contributed by atoms with van der Waals surface area (Å²) in [6.07, 6.45) is 0.124. The van der Waals surface area contributed by atoms with Crippen molar-refractivity contribution in [3.05, 3.63) is 24.3 Å². The van der Waals surface area contributed by atoms with Crippen LogP contribution in [-0.2, 0) is 4.74 Å². The summed E-state index contributed by atoms with van der Waals surface area (Å²) >= 11 is 0. The number of hydrogen-bond donors (Lipinski definition) is 1. The highest BCUT2D eigenvalue weighted by Crippen LogP contribution is 2.29. The molecule has 1 aromatic carbocycles. The van der Waals surface area contributed by atoms with Gasteiger partial charge in [-0.05, 0) is 19.1 Å². The summed E-state index contributed by atoms with van der Waals surface area (Å²) in [6.45, 7) is 5.69. The van der Waals surface area contributed by atoms with Gasteiger partial charge < -0.3 is 20.1 Å². The molecule has 1 aliphatic heterocycles. The minimum Gasteiger partial charge on any atom is -0.492 e. The van der Waals surface area contributed by atoms with Crippen LogP contribution in [0, 0.1) is 0 Å². The number of nitrogens with two attached hydrogens (primary N) is 1. The van der Waals surface area contributed by atoms with Gasteiger partial charge in [-0.1, -0.05) is 12.1 Å². The SMILES string of the molecule is CCOc1ccccc1N1CCOC(CN)C1. The Labute approximate surface area is 102 Å². The zero-order valence-corrected chi connectivity index (χ0v) is 10.3. The lowest BCUT2D eigenvalue weighted by Crippen LogP contribution is -2.45. The molecule has 0 aliphatic carbocycles. The molecular formula is C13H20N2O2. The third kappa shape index (κ3) is 2.90. The molecule has 1 atom stereocenters. The Bertz CT molecular complexity index is 357. The third-order valence-electron chi connectivity index (χ3n) is 2.91. The van der Waals surface area contributed by atoms with Gasteiger partial charge in [-0.3, -0.25) is 0 Å². The highest BCUT2D eigenvalue weighted by atomic mass is 16.5. The summed E-state index contributed by atoms with van der Waals surface area (Å²) in [7, 11) is 0. The summed E-state index contributed by atoms with van der Waals surface area (Å²) in [4.78, 5) is 2.28. The standard InChI is InChI=1S/C13H20N2O2/c1-2-16-13-6-4-3-5-12(13)15-7-8-17-11(9-14)10-15/h3-6,11H,2,7-10,14H2,1H3. The van der Waals surface area contributed by atoms with Crippen molar-refractivity contribution in [1.29, 1.82) is 0 Å². The van der Waals surface area contributed by atoms with Crippen molar-refractivity contribution in [2.24, 2.45) is 5.73 Å². The van der Waals surface area contributed by atoms with Gasteiger partial charge in [-0.15, -0.1) is 0 Å². The Kier molecular flexibility index (Phi) is 4.23. The maximum Gasteiger partial charge on any atom is 0.142 e. The van der Waals surface area contributed by atoms with Crippen molar-refractivity contribution in [2.75, 3.05) is 37.7 Å². The molecule has 17 heavy (non-hydrogen) atoms.